The SMILES string of the molecule is COc1cccc(CN2C(=O)N(c3cccc(Cl)c3)C(n3oc(=O)n(-c4cccc(Cl)c4)c3=O)C2(C)C)c1OC. The van der Waals surface area contributed by atoms with Crippen LogP contribution < -0.4 is 25.8 Å². The fourth-order valence-corrected chi connectivity index (χ4v) is 5.42. The monoisotopic (exact) mass is 584 g/mol. The Morgan fingerprint density at radius 3 is 2.12 bits per heavy atom. The van der Waals surface area contributed by atoms with E-state index in [4.69, 9.17) is 37.2 Å². The Kier molecular flexibility index (Phi) is 7.16. The van der Waals surface area contributed by atoms with E-state index in [0.29, 0.717) is 32.8 Å². The van der Waals surface area contributed by atoms with Gasteiger partial charge in [-0.25, -0.2) is 14.4 Å². The highest BCUT2D eigenvalue weighted by Crippen LogP contribution is 2.44. The second-order valence-electron chi connectivity index (χ2n) is 9.68. The molecule has 1 atom stereocenters. The number of benzene rings is 3. The summed E-state index contributed by atoms with van der Waals surface area (Å²) in [7, 11) is 3.05. The van der Waals surface area contributed by atoms with Gasteiger partial charge in [-0.3, -0.25) is 4.90 Å². The molecule has 5 rings (SSSR count). The summed E-state index contributed by atoms with van der Waals surface area (Å²) in [4.78, 5) is 43.9. The molecule has 1 aliphatic heterocycles. The summed E-state index contributed by atoms with van der Waals surface area (Å²) < 4.78 is 18.4. The zero-order valence-corrected chi connectivity index (χ0v) is 23.6. The molecule has 2 heterocycles. The summed E-state index contributed by atoms with van der Waals surface area (Å²) in [6.07, 6.45) is -1.07. The van der Waals surface area contributed by atoms with Crippen molar-refractivity contribution >= 4 is 34.9 Å². The average Bonchev–Trinajstić information content (AvgIpc) is 3.31. The van der Waals surface area contributed by atoms with Gasteiger partial charge in [-0.15, -0.1) is 4.74 Å². The molecule has 10 nitrogen and oxygen atoms in total. The number of anilines is 1. The molecule has 40 heavy (non-hydrogen) atoms. The van der Waals surface area contributed by atoms with Crippen molar-refractivity contribution in [3.63, 3.8) is 0 Å². The molecule has 208 valence electrons. The van der Waals surface area contributed by atoms with Crippen molar-refractivity contribution in [1.82, 2.24) is 14.2 Å². The molecule has 0 bridgehead atoms. The summed E-state index contributed by atoms with van der Waals surface area (Å²) in [6, 6.07) is 17.9. The number of carbonyl (C=O) groups is 1. The largest absolute Gasteiger partial charge is 0.493 e. The van der Waals surface area contributed by atoms with Gasteiger partial charge in [-0.2, -0.15) is 4.57 Å². The number of methoxy groups -OCH3 is 2. The van der Waals surface area contributed by atoms with Gasteiger partial charge >= 0.3 is 17.5 Å². The van der Waals surface area contributed by atoms with E-state index in [-0.39, 0.29) is 12.2 Å². The van der Waals surface area contributed by atoms with Crippen molar-refractivity contribution in [1.29, 1.82) is 0 Å². The first-order chi connectivity index (χ1) is 19.1. The Hall–Kier alpha value is -4.15. The fraction of sp³-hybridized carbons (Fsp3) is 0.250. The fourth-order valence-electron chi connectivity index (χ4n) is 5.05. The van der Waals surface area contributed by atoms with Crippen LogP contribution >= 0.6 is 23.2 Å². The standard InChI is InChI=1S/C28H26Cl2N4O6/c1-28(2)24(34-26(36)33(27(37)40-34)21-12-7-10-19(30)15-21)32(20-11-6-9-18(29)14-20)25(35)31(28)16-17-8-5-13-22(38-3)23(17)39-4/h5-15,24H,16H2,1-4H3. The number of carbonyl (C=O) groups excluding carboxylic acids is 1. The van der Waals surface area contributed by atoms with E-state index in [1.807, 2.05) is 6.07 Å². The van der Waals surface area contributed by atoms with Crippen LogP contribution in [0.25, 0.3) is 5.69 Å². The zero-order chi connectivity index (χ0) is 28.8. The molecule has 4 aromatic rings. The first kappa shape index (κ1) is 27.4. The Bertz CT molecular complexity index is 1710. The van der Waals surface area contributed by atoms with E-state index in [9.17, 15) is 14.4 Å². The van der Waals surface area contributed by atoms with Crippen LogP contribution in [-0.2, 0) is 6.54 Å². The van der Waals surface area contributed by atoms with Gasteiger partial charge in [0.15, 0.2) is 17.7 Å². The van der Waals surface area contributed by atoms with E-state index in [0.717, 1.165) is 9.31 Å². The van der Waals surface area contributed by atoms with E-state index in [1.54, 1.807) is 73.3 Å². The first-order valence-electron chi connectivity index (χ1n) is 12.3. The lowest BCUT2D eigenvalue weighted by molar-refractivity contribution is 0.0926. The second kappa shape index (κ2) is 10.4. The molecule has 0 saturated carbocycles. The Morgan fingerprint density at radius 2 is 1.50 bits per heavy atom. The van der Waals surface area contributed by atoms with Crippen molar-refractivity contribution in [2.24, 2.45) is 0 Å². The summed E-state index contributed by atoms with van der Waals surface area (Å²) >= 11 is 12.4. The highest BCUT2D eigenvalue weighted by atomic mass is 35.5. The molecule has 2 amide bonds. The van der Waals surface area contributed by atoms with Gasteiger partial charge in [0, 0.05) is 21.3 Å². The summed E-state index contributed by atoms with van der Waals surface area (Å²) in [5.74, 6) is 0.0603. The quantitative estimate of drug-likeness (QED) is 0.291. The number of nitrogens with zero attached hydrogens (tertiary/aromatic N) is 4. The summed E-state index contributed by atoms with van der Waals surface area (Å²) in [6.45, 7) is 3.68. The Labute approximate surface area is 239 Å². The number of ether oxygens (including phenoxy) is 2. The van der Waals surface area contributed by atoms with Gasteiger partial charge in [0.2, 0.25) is 0 Å². The van der Waals surface area contributed by atoms with Gasteiger partial charge < -0.3 is 18.9 Å². The third kappa shape index (κ3) is 4.52. The molecule has 1 aliphatic rings. The van der Waals surface area contributed by atoms with Crippen molar-refractivity contribution < 1.29 is 18.8 Å². The summed E-state index contributed by atoms with van der Waals surface area (Å²) in [5.41, 5.74) is -0.528. The maximum atomic E-state index is 14.2. The number of halogens is 2. The van der Waals surface area contributed by atoms with E-state index >= 15 is 0 Å². The number of hydrogen-bond acceptors (Lipinski definition) is 6. The minimum Gasteiger partial charge on any atom is -0.493 e. The van der Waals surface area contributed by atoms with E-state index < -0.39 is 29.2 Å². The predicted molar refractivity (Wildman–Crippen MR) is 151 cm³/mol. The number of para-hydroxylation sites is 1. The molecule has 3 aromatic carbocycles. The first-order valence-corrected chi connectivity index (χ1v) is 13.0. The lowest BCUT2D eigenvalue weighted by Gasteiger charge is -2.34. The number of urea groups is 1. The highest BCUT2D eigenvalue weighted by Gasteiger charge is 2.55. The molecule has 1 aromatic heterocycles. The van der Waals surface area contributed by atoms with Crippen LogP contribution in [0.1, 0.15) is 25.6 Å². The number of hydrogen-bond donors (Lipinski definition) is 0. The lowest BCUT2D eigenvalue weighted by Crippen LogP contribution is -2.46. The van der Waals surface area contributed by atoms with Crippen molar-refractivity contribution in [2.75, 3.05) is 19.1 Å². The Balaban J connectivity index is 1.68. The molecule has 1 unspecified atom stereocenters. The molecule has 0 spiro atoms. The van der Waals surface area contributed by atoms with Gasteiger partial charge in [-0.05, 0) is 56.3 Å². The van der Waals surface area contributed by atoms with Crippen LogP contribution in [0.15, 0.2) is 80.8 Å². The van der Waals surface area contributed by atoms with Crippen LogP contribution in [-0.4, -0.2) is 40.0 Å². The van der Waals surface area contributed by atoms with Crippen LogP contribution in [0.2, 0.25) is 10.0 Å². The molecule has 0 radical (unpaired) electrons. The van der Waals surface area contributed by atoms with Crippen molar-refractivity contribution in [2.45, 2.75) is 32.1 Å². The van der Waals surface area contributed by atoms with Crippen LogP contribution in [0, 0.1) is 0 Å². The van der Waals surface area contributed by atoms with Gasteiger partial charge in [0.25, 0.3) is 0 Å². The zero-order valence-electron chi connectivity index (χ0n) is 22.1. The number of aromatic nitrogens is 2. The number of amides is 2. The Morgan fingerprint density at radius 1 is 0.875 bits per heavy atom. The maximum Gasteiger partial charge on any atom is 0.447 e. The molecular formula is C28H26Cl2N4O6. The van der Waals surface area contributed by atoms with Crippen LogP contribution in [0.4, 0.5) is 10.5 Å². The van der Waals surface area contributed by atoms with Crippen molar-refractivity contribution in [3.8, 4) is 17.2 Å². The molecule has 1 saturated heterocycles. The minimum absolute atomic E-state index is 0.105. The second-order valence-corrected chi connectivity index (χ2v) is 10.6. The normalized spacial score (nSPS) is 16.4. The third-order valence-corrected chi connectivity index (χ3v) is 7.41. The third-order valence-electron chi connectivity index (χ3n) is 6.94. The molecule has 12 heteroatoms. The average molecular weight is 585 g/mol. The minimum atomic E-state index is -1.09. The van der Waals surface area contributed by atoms with Crippen molar-refractivity contribution in [3.05, 3.63) is 103 Å². The van der Waals surface area contributed by atoms with E-state index in [2.05, 4.69) is 0 Å². The summed E-state index contributed by atoms with van der Waals surface area (Å²) in [5, 5.41) is 0.729. The molecular weight excluding hydrogens is 559 g/mol. The smallest absolute Gasteiger partial charge is 0.447 e. The molecule has 1 fully saturated rings. The molecule has 0 N–H and O–H groups in total. The topological polar surface area (TPSA) is 99.1 Å². The molecule has 0 aliphatic carbocycles. The lowest BCUT2D eigenvalue weighted by atomic mass is 9.99. The maximum absolute atomic E-state index is 14.2. The van der Waals surface area contributed by atoms with Crippen LogP contribution in [0.5, 0.6) is 11.5 Å². The van der Waals surface area contributed by atoms with E-state index in [1.165, 1.54) is 25.2 Å². The predicted octanol–water partition coefficient (Wildman–Crippen LogP) is 5.34. The van der Waals surface area contributed by atoms with Crippen LogP contribution in [0.3, 0.4) is 0 Å². The van der Waals surface area contributed by atoms with Gasteiger partial charge in [0.1, 0.15) is 0 Å². The van der Waals surface area contributed by atoms with Gasteiger partial charge in [0.05, 0.1) is 32.0 Å². The van der Waals surface area contributed by atoms with Gasteiger partial charge in [-0.1, -0.05) is 47.5 Å². The highest BCUT2D eigenvalue weighted by molar-refractivity contribution is 6.31. The number of rotatable bonds is 7.